The zero-order valence-corrected chi connectivity index (χ0v) is 18.6. The number of guanidine groups is 1. The summed E-state index contributed by atoms with van der Waals surface area (Å²) < 4.78 is 0. The molecule has 5 nitrogen and oxygen atoms in total. The SMILES string of the molecule is CCNC(=NCC1CCC(CC)CC1)NC1CCN(C(=O)CC)C1.I. The maximum Gasteiger partial charge on any atom is 0.222 e. The van der Waals surface area contributed by atoms with Gasteiger partial charge in [0.15, 0.2) is 5.96 Å². The molecule has 1 heterocycles. The highest BCUT2D eigenvalue weighted by molar-refractivity contribution is 14.0. The first kappa shape index (κ1) is 22.5. The van der Waals surface area contributed by atoms with Gasteiger partial charge in [0.1, 0.15) is 0 Å². The summed E-state index contributed by atoms with van der Waals surface area (Å²) >= 11 is 0. The first-order chi connectivity index (χ1) is 11.7. The van der Waals surface area contributed by atoms with Crippen LogP contribution in [0.15, 0.2) is 4.99 Å². The van der Waals surface area contributed by atoms with E-state index in [1.807, 2.05) is 11.8 Å². The number of hydrogen-bond donors (Lipinski definition) is 2. The average molecular weight is 464 g/mol. The van der Waals surface area contributed by atoms with Crippen LogP contribution in [0, 0.1) is 11.8 Å². The molecule has 1 saturated heterocycles. The predicted molar refractivity (Wildman–Crippen MR) is 116 cm³/mol. The largest absolute Gasteiger partial charge is 0.357 e. The van der Waals surface area contributed by atoms with Crippen molar-refractivity contribution in [3.05, 3.63) is 0 Å². The van der Waals surface area contributed by atoms with Crippen LogP contribution in [0.25, 0.3) is 0 Å². The number of amides is 1. The Kier molecular flexibility index (Phi) is 10.8. The Labute approximate surface area is 170 Å². The minimum atomic E-state index is 0. The van der Waals surface area contributed by atoms with E-state index >= 15 is 0 Å². The molecular formula is C19H37IN4O. The Hall–Kier alpha value is -0.530. The second-order valence-corrected chi connectivity index (χ2v) is 7.34. The topological polar surface area (TPSA) is 56.7 Å². The van der Waals surface area contributed by atoms with Crippen LogP contribution in [0.4, 0.5) is 0 Å². The number of likely N-dealkylation sites (tertiary alicyclic amines) is 1. The van der Waals surface area contributed by atoms with Crippen molar-refractivity contribution in [3.63, 3.8) is 0 Å². The summed E-state index contributed by atoms with van der Waals surface area (Å²) in [5, 5.41) is 6.89. The van der Waals surface area contributed by atoms with Gasteiger partial charge in [-0.15, -0.1) is 24.0 Å². The fourth-order valence-electron chi connectivity index (χ4n) is 3.88. The molecule has 0 aromatic rings. The molecule has 2 fully saturated rings. The van der Waals surface area contributed by atoms with Crippen LogP contribution in [0.1, 0.15) is 65.7 Å². The first-order valence-corrected chi connectivity index (χ1v) is 9.98. The van der Waals surface area contributed by atoms with Crippen molar-refractivity contribution in [1.29, 1.82) is 0 Å². The van der Waals surface area contributed by atoms with Crippen molar-refractivity contribution < 1.29 is 4.79 Å². The van der Waals surface area contributed by atoms with Crippen molar-refractivity contribution in [2.24, 2.45) is 16.8 Å². The fraction of sp³-hybridized carbons (Fsp3) is 0.895. The molecule has 1 atom stereocenters. The van der Waals surface area contributed by atoms with Crippen LogP contribution in [0.5, 0.6) is 0 Å². The highest BCUT2D eigenvalue weighted by Crippen LogP contribution is 2.30. The van der Waals surface area contributed by atoms with E-state index in [0.717, 1.165) is 50.4 Å². The lowest BCUT2D eigenvalue weighted by Crippen LogP contribution is -2.45. The van der Waals surface area contributed by atoms with Crippen LogP contribution >= 0.6 is 24.0 Å². The monoisotopic (exact) mass is 464 g/mol. The Morgan fingerprint density at radius 2 is 1.76 bits per heavy atom. The quantitative estimate of drug-likeness (QED) is 0.360. The van der Waals surface area contributed by atoms with E-state index in [1.165, 1.54) is 32.1 Å². The summed E-state index contributed by atoms with van der Waals surface area (Å²) in [4.78, 5) is 18.6. The molecule has 2 rings (SSSR count). The van der Waals surface area contributed by atoms with E-state index in [9.17, 15) is 4.79 Å². The van der Waals surface area contributed by atoms with Gasteiger partial charge in [-0.25, -0.2) is 0 Å². The van der Waals surface area contributed by atoms with E-state index in [2.05, 4.69) is 24.5 Å². The van der Waals surface area contributed by atoms with Crippen LogP contribution in [0.3, 0.4) is 0 Å². The van der Waals surface area contributed by atoms with Crippen molar-refractivity contribution in [3.8, 4) is 0 Å². The molecule has 2 aliphatic rings. The third-order valence-electron chi connectivity index (χ3n) is 5.58. The van der Waals surface area contributed by atoms with Gasteiger partial charge in [0, 0.05) is 38.6 Å². The second kappa shape index (κ2) is 12.0. The van der Waals surface area contributed by atoms with Gasteiger partial charge in [-0.05, 0) is 38.0 Å². The Balaban J connectivity index is 0.00000312. The van der Waals surface area contributed by atoms with Gasteiger partial charge in [-0.3, -0.25) is 9.79 Å². The zero-order valence-electron chi connectivity index (χ0n) is 16.2. The van der Waals surface area contributed by atoms with Crippen LogP contribution < -0.4 is 10.6 Å². The van der Waals surface area contributed by atoms with Gasteiger partial charge >= 0.3 is 0 Å². The smallest absolute Gasteiger partial charge is 0.222 e. The number of carbonyl (C=O) groups excluding carboxylic acids is 1. The fourth-order valence-corrected chi connectivity index (χ4v) is 3.88. The molecule has 1 unspecified atom stereocenters. The lowest BCUT2D eigenvalue weighted by molar-refractivity contribution is -0.129. The Morgan fingerprint density at radius 3 is 2.36 bits per heavy atom. The minimum Gasteiger partial charge on any atom is -0.357 e. The predicted octanol–water partition coefficient (Wildman–Crippen LogP) is 3.39. The molecule has 0 spiro atoms. The molecule has 1 aliphatic heterocycles. The van der Waals surface area contributed by atoms with E-state index < -0.39 is 0 Å². The summed E-state index contributed by atoms with van der Waals surface area (Å²) in [5.41, 5.74) is 0. The molecule has 2 N–H and O–H groups in total. The van der Waals surface area contributed by atoms with E-state index in [0.29, 0.717) is 12.5 Å². The summed E-state index contributed by atoms with van der Waals surface area (Å²) in [6, 6.07) is 0.328. The Morgan fingerprint density at radius 1 is 1.08 bits per heavy atom. The number of rotatable bonds is 6. The zero-order chi connectivity index (χ0) is 17.4. The van der Waals surface area contributed by atoms with Gasteiger partial charge in [0.25, 0.3) is 0 Å². The summed E-state index contributed by atoms with van der Waals surface area (Å²) in [5.74, 6) is 2.86. The van der Waals surface area contributed by atoms with Crippen LogP contribution in [0.2, 0.25) is 0 Å². The third kappa shape index (κ3) is 7.31. The lowest BCUT2D eigenvalue weighted by Gasteiger charge is -2.27. The van der Waals surface area contributed by atoms with Crippen LogP contribution in [-0.2, 0) is 4.79 Å². The number of halogens is 1. The van der Waals surface area contributed by atoms with Gasteiger partial charge in [-0.1, -0.05) is 33.1 Å². The van der Waals surface area contributed by atoms with Gasteiger partial charge < -0.3 is 15.5 Å². The molecule has 146 valence electrons. The van der Waals surface area contributed by atoms with Gasteiger partial charge in [0.05, 0.1) is 0 Å². The van der Waals surface area contributed by atoms with E-state index in [4.69, 9.17) is 4.99 Å². The molecule has 1 saturated carbocycles. The van der Waals surface area contributed by atoms with Crippen molar-refractivity contribution in [2.75, 3.05) is 26.2 Å². The van der Waals surface area contributed by atoms with Crippen molar-refractivity contribution >= 4 is 35.8 Å². The number of hydrogen-bond acceptors (Lipinski definition) is 2. The Bertz CT molecular complexity index is 422. The van der Waals surface area contributed by atoms with Crippen molar-refractivity contribution in [1.82, 2.24) is 15.5 Å². The summed E-state index contributed by atoms with van der Waals surface area (Å²) in [6.07, 6.45) is 8.33. The second-order valence-electron chi connectivity index (χ2n) is 7.34. The van der Waals surface area contributed by atoms with Gasteiger partial charge in [0.2, 0.25) is 5.91 Å². The average Bonchev–Trinajstić information content (AvgIpc) is 3.08. The number of carbonyl (C=O) groups is 1. The summed E-state index contributed by atoms with van der Waals surface area (Å²) in [6.45, 7) is 9.82. The van der Waals surface area contributed by atoms with Gasteiger partial charge in [-0.2, -0.15) is 0 Å². The van der Waals surface area contributed by atoms with E-state index in [-0.39, 0.29) is 29.9 Å². The normalized spacial score (nSPS) is 26.9. The number of nitrogens with zero attached hydrogens (tertiary/aromatic N) is 2. The molecule has 0 radical (unpaired) electrons. The molecule has 1 aliphatic carbocycles. The van der Waals surface area contributed by atoms with Crippen LogP contribution in [-0.4, -0.2) is 49.0 Å². The molecule has 0 aromatic heterocycles. The maximum absolute atomic E-state index is 11.8. The van der Waals surface area contributed by atoms with Crippen molar-refractivity contribution in [2.45, 2.75) is 71.8 Å². The van der Waals surface area contributed by atoms with E-state index in [1.54, 1.807) is 0 Å². The molecule has 0 aromatic carbocycles. The molecule has 0 bridgehead atoms. The number of nitrogens with one attached hydrogen (secondary N) is 2. The minimum absolute atomic E-state index is 0. The molecule has 25 heavy (non-hydrogen) atoms. The standard InChI is InChI=1S/C19H36N4O.HI/c1-4-15-7-9-16(10-8-15)13-21-19(20-6-3)22-17-11-12-23(14-17)18(24)5-2;/h15-17H,4-14H2,1-3H3,(H2,20,21,22);1H. The highest BCUT2D eigenvalue weighted by atomic mass is 127. The summed E-state index contributed by atoms with van der Waals surface area (Å²) in [7, 11) is 0. The molecule has 6 heteroatoms. The maximum atomic E-state index is 11.8. The first-order valence-electron chi connectivity index (χ1n) is 9.98. The molecule has 1 amide bonds. The lowest BCUT2D eigenvalue weighted by atomic mass is 9.81. The number of aliphatic imine (C=N–C) groups is 1. The highest BCUT2D eigenvalue weighted by Gasteiger charge is 2.26. The molecular weight excluding hydrogens is 427 g/mol. The third-order valence-corrected chi connectivity index (χ3v) is 5.58.